The molecule has 0 radical (unpaired) electrons. The Bertz CT molecular complexity index is 545. The number of Topliss-reactive ketones (excluding diaryl/α,β-unsaturated/α-hetero) is 1. The minimum Gasteiger partial charge on any atom is -0.445 e. The number of carbonyl (C=O) groups is 3. The molecule has 0 bridgehead atoms. The molecule has 0 spiro atoms. The van der Waals surface area contributed by atoms with E-state index in [9.17, 15) is 14.4 Å². The van der Waals surface area contributed by atoms with Crippen molar-refractivity contribution in [2.75, 3.05) is 6.54 Å². The first-order chi connectivity index (χ1) is 11.4. The minimum atomic E-state index is -0.695. The second-order valence-corrected chi connectivity index (χ2v) is 5.96. The Balaban J connectivity index is 2.35. The maximum Gasteiger partial charge on any atom is 0.407 e. The summed E-state index contributed by atoms with van der Waals surface area (Å²) in [4.78, 5) is 35.0. The number of alkyl carbamates (subject to hydrolysis) is 1. The lowest BCUT2D eigenvalue weighted by atomic mass is 9.92. The summed E-state index contributed by atoms with van der Waals surface area (Å²) in [7, 11) is 0. The van der Waals surface area contributed by atoms with E-state index in [0.29, 0.717) is 6.42 Å². The summed E-state index contributed by atoms with van der Waals surface area (Å²) in [6, 6.07) is 9.17. The van der Waals surface area contributed by atoms with Crippen LogP contribution in [0.5, 0.6) is 0 Å². The molecule has 1 atom stereocenters. The van der Waals surface area contributed by atoms with Gasteiger partial charge >= 0.3 is 6.09 Å². The Morgan fingerprint density at radius 3 is 2.42 bits per heavy atom. The van der Waals surface area contributed by atoms with Crippen LogP contribution in [-0.2, 0) is 20.9 Å². The summed E-state index contributed by atoms with van der Waals surface area (Å²) in [5.74, 6) is -1.32. The lowest BCUT2D eigenvalue weighted by Crippen LogP contribution is -2.35. The van der Waals surface area contributed by atoms with Crippen LogP contribution in [0.3, 0.4) is 0 Å². The van der Waals surface area contributed by atoms with E-state index in [1.54, 1.807) is 5.48 Å². The van der Waals surface area contributed by atoms with Crippen LogP contribution in [0.2, 0.25) is 0 Å². The number of ether oxygens (including phenoxy) is 1. The summed E-state index contributed by atoms with van der Waals surface area (Å²) in [5.41, 5.74) is 2.42. The molecule has 24 heavy (non-hydrogen) atoms. The highest BCUT2D eigenvalue weighted by Crippen LogP contribution is 2.16. The molecule has 0 saturated carbocycles. The fourth-order valence-electron chi connectivity index (χ4n) is 2.24. The monoisotopic (exact) mass is 336 g/mol. The van der Waals surface area contributed by atoms with E-state index in [1.165, 1.54) is 0 Å². The first-order valence-corrected chi connectivity index (χ1v) is 7.82. The van der Waals surface area contributed by atoms with E-state index in [0.717, 1.165) is 5.56 Å². The number of carbonyl (C=O) groups excluding carboxylic acids is 3. The van der Waals surface area contributed by atoms with Crippen molar-refractivity contribution in [3.8, 4) is 0 Å². The zero-order valence-corrected chi connectivity index (χ0v) is 14.0. The predicted molar refractivity (Wildman–Crippen MR) is 87.1 cm³/mol. The third-order valence-electron chi connectivity index (χ3n) is 3.35. The third kappa shape index (κ3) is 7.73. The molecule has 0 aromatic heterocycles. The number of rotatable bonds is 9. The molecule has 0 aliphatic carbocycles. The Hall–Kier alpha value is -2.41. The first-order valence-electron chi connectivity index (χ1n) is 7.82. The normalized spacial score (nSPS) is 11.7. The van der Waals surface area contributed by atoms with Gasteiger partial charge in [-0.1, -0.05) is 44.2 Å². The van der Waals surface area contributed by atoms with Gasteiger partial charge in [0.05, 0.1) is 6.54 Å². The van der Waals surface area contributed by atoms with Gasteiger partial charge in [0.1, 0.15) is 6.61 Å². The largest absolute Gasteiger partial charge is 0.445 e. The Morgan fingerprint density at radius 1 is 1.17 bits per heavy atom. The molecule has 7 nitrogen and oxygen atoms in total. The zero-order valence-electron chi connectivity index (χ0n) is 14.0. The Labute approximate surface area is 141 Å². The summed E-state index contributed by atoms with van der Waals surface area (Å²) in [6.07, 6.45) is -0.278. The third-order valence-corrected chi connectivity index (χ3v) is 3.35. The van der Waals surface area contributed by atoms with Crippen molar-refractivity contribution in [1.29, 1.82) is 0 Å². The molecule has 7 heteroatoms. The average Bonchev–Trinajstić information content (AvgIpc) is 2.57. The average molecular weight is 336 g/mol. The summed E-state index contributed by atoms with van der Waals surface area (Å²) >= 11 is 0. The summed E-state index contributed by atoms with van der Waals surface area (Å²) in [6.45, 7) is 3.73. The molecule has 1 aromatic carbocycles. The molecule has 1 aromatic rings. The molecular weight excluding hydrogens is 312 g/mol. The van der Waals surface area contributed by atoms with Crippen LogP contribution in [0.4, 0.5) is 4.79 Å². The van der Waals surface area contributed by atoms with Crippen molar-refractivity contribution in [2.24, 2.45) is 11.8 Å². The highest BCUT2D eigenvalue weighted by atomic mass is 16.5. The molecule has 132 valence electrons. The first kappa shape index (κ1) is 19.6. The number of hydrogen-bond acceptors (Lipinski definition) is 5. The number of amides is 2. The van der Waals surface area contributed by atoms with Gasteiger partial charge in [0.15, 0.2) is 5.78 Å². The Morgan fingerprint density at radius 2 is 1.83 bits per heavy atom. The molecule has 3 N–H and O–H groups in total. The van der Waals surface area contributed by atoms with Gasteiger partial charge in [-0.15, -0.1) is 0 Å². The maximum absolute atomic E-state index is 11.9. The molecular formula is C17H24N2O5. The SMILES string of the molecule is CC(C)C[C@@H](CC(=O)CNC(=O)OCc1ccccc1)C(=O)NO. The van der Waals surface area contributed by atoms with Gasteiger partial charge in [-0.05, 0) is 17.9 Å². The Kier molecular flexibility index (Phi) is 8.49. The van der Waals surface area contributed by atoms with Crippen molar-refractivity contribution < 1.29 is 24.3 Å². The van der Waals surface area contributed by atoms with Gasteiger partial charge < -0.3 is 10.1 Å². The van der Waals surface area contributed by atoms with E-state index in [-0.39, 0.29) is 31.3 Å². The topological polar surface area (TPSA) is 105 Å². The van der Waals surface area contributed by atoms with Crippen molar-refractivity contribution in [3.05, 3.63) is 35.9 Å². The van der Waals surface area contributed by atoms with E-state index >= 15 is 0 Å². The number of ketones is 1. The van der Waals surface area contributed by atoms with Crippen LogP contribution in [0.15, 0.2) is 30.3 Å². The minimum absolute atomic E-state index is 0.0520. The van der Waals surface area contributed by atoms with Crippen LogP contribution in [0, 0.1) is 11.8 Å². The van der Waals surface area contributed by atoms with E-state index in [1.807, 2.05) is 44.2 Å². The quantitative estimate of drug-likeness (QED) is 0.473. The van der Waals surface area contributed by atoms with Crippen molar-refractivity contribution in [2.45, 2.75) is 33.3 Å². The molecule has 0 fully saturated rings. The van der Waals surface area contributed by atoms with Gasteiger partial charge in [0, 0.05) is 12.3 Å². The molecule has 2 amide bonds. The van der Waals surface area contributed by atoms with Crippen LogP contribution in [0.1, 0.15) is 32.3 Å². The second-order valence-electron chi connectivity index (χ2n) is 5.96. The fraction of sp³-hybridized carbons (Fsp3) is 0.471. The van der Waals surface area contributed by atoms with Gasteiger partial charge in [-0.25, -0.2) is 10.3 Å². The molecule has 1 rings (SSSR count). The summed E-state index contributed by atoms with van der Waals surface area (Å²) in [5, 5.41) is 11.1. The number of benzene rings is 1. The number of hydroxylamine groups is 1. The van der Waals surface area contributed by atoms with E-state index in [2.05, 4.69) is 5.32 Å². The lowest BCUT2D eigenvalue weighted by molar-refractivity contribution is -0.136. The van der Waals surface area contributed by atoms with Gasteiger partial charge in [0.2, 0.25) is 5.91 Å². The molecule has 0 saturated heterocycles. The number of hydrogen-bond donors (Lipinski definition) is 3. The van der Waals surface area contributed by atoms with Gasteiger partial charge in [-0.2, -0.15) is 0 Å². The van der Waals surface area contributed by atoms with Crippen LogP contribution in [0.25, 0.3) is 0 Å². The van der Waals surface area contributed by atoms with Crippen molar-refractivity contribution >= 4 is 17.8 Å². The zero-order chi connectivity index (χ0) is 17.9. The molecule has 0 heterocycles. The molecule has 0 aliphatic heterocycles. The highest BCUT2D eigenvalue weighted by molar-refractivity contribution is 5.88. The van der Waals surface area contributed by atoms with Crippen LogP contribution < -0.4 is 10.8 Å². The smallest absolute Gasteiger partial charge is 0.407 e. The van der Waals surface area contributed by atoms with E-state index < -0.39 is 17.9 Å². The number of nitrogens with one attached hydrogen (secondary N) is 2. The fourth-order valence-corrected chi connectivity index (χ4v) is 2.24. The maximum atomic E-state index is 11.9. The van der Waals surface area contributed by atoms with Gasteiger partial charge in [-0.3, -0.25) is 14.8 Å². The standard InChI is InChI=1S/C17H24N2O5/c1-12(2)8-14(16(21)19-23)9-15(20)10-18-17(22)24-11-13-6-4-3-5-7-13/h3-7,12,14,23H,8-11H2,1-2H3,(H,18,22)(H,19,21)/t14-/m0/s1. The van der Waals surface area contributed by atoms with Crippen LogP contribution in [-0.4, -0.2) is 29.5 Å². The molecule has 0 unspecified atom stereocenters. The van der Waals surface area contributed by atoms with E-state index in [4.69, 9.17) is 9.94 Å². The molecule has 0 aliphatic rings. The van der Waals surface area contributed by atoms with Gasteiger partial charge in [0.25, 0.3) is 0 Å². The predicted octanol–water partition coefficient (Wildman–Crippen LogP) is 2.04. The highest BCUT2D eigenvalue weighted by Gasteiger charge is 2.22. The lowest BCUT2D eigenvalue weighted by Gasteiger charge is -2.16. The van der Waals surface area contributed by atoms with Crippen molar-refractivity contribution in [3.63, 3.8) is 0 Å². The second kappa shape index (κ2) is 10.4. The summed E-state index contributed by atoms with van der Waals surface area (Å²) < 4.78 is 5.00. The van der Waals surface area contributed by atoms with Crippen molar-refractivity contribution in [1.82, 2.24) is 10.8 Å². The van der Waals surface area contributed by atoms with Crippen LogP contribution >= 0.6 is 0 Å².